The van der Waals surface area contributed by atoms with E-state index >= 15 is 0 Å². The molecular weight excluding hydrogens is 626 g/mol. The highest BCUT2D eigenvalue weighted by Crippen LogP contribution is 2.34. The Kier molecular flexibility index (Phi) is 11.6. The maximum absolute atomic E-state index is 14.2. The molecule has 2 atom stereocenters. The summed E-state index contributed by atoms with van der Waals surface area (Å²) in [5, 5.41) is 13.3. The van der Waals surface area contributed by atoms with Crippen LogP contribution >= 0.6 is 0 Å². The molecule has 10 heteroatoms. The Balaban J connectivity index is 1.40. The van der Waals surface area contributed by atoms with Gasteiger partial charge >= 0.3 is 6.09 Å². The minimum absolute atomic E-state index is 0.0281. The normalized spacial score (nSPS) is 14.4. The fraction of sp³-hybridized carbons (Fsp3) is 0.316. The molecule has 0 bridgehead atoms. The molecule has 0 unspecified atom stereocenters. The first-order chi connectivity index (χ1) is 23.2. The van der Waals surface area contributed by atoms with Crippen LogP contribution in [0.5, 0.6) is 0 Å². The number of nitrogens with one attached hydrogen (secondary N) is 1. The zero-order valence-electron chi connectivity index (χ0n) is 27.1. The lowest BCUT2D eigenvalue weighted by Crippen LogP contribution is -2.46. The van der Waals surface area contributed by atoms with E-state index < -0.39 is 34.1 Å². The number of hydrogen-bond acceptors (Lipinski definition) is 7. The quantitative estimate of drug-likeness (QED) is 0.137. The summed E-state index contributed by atoms with van der Waals surface area (Å²) in [4.78, 5) is 27.0. The van der Waals surface area contributed by atoms with Gasteiger partial charge in [0.2, 0.25) is 10.0 Å². The van der Waals surface area contributed by atoms with Crippen molar-refractivity contribution in [3.8, 4) is 0 Å². The van der Waals surface area contributed by atoms with Crippen molar-refractivity contribution < 1.29 is 27.9 Å². The number of methoxy groups -OCH3 is 1. The molecule has 1 aliphatic carbocycles. The lowest BCUT2D eigenvalue weighted by atomic mass is 9.81. The number of rotatable bonds is 16. The Bertz CT molecular complexity index is 1720. The first-order valence-corrected chi connectivity index (χ1v) is 17.7. The molecule has 5 rings (SSSR count). The number of ether oxygens (including phenoxy) is 1. The zero-order chi connectivity index (χ0) is 34.1. The molecule has 48 heavy (non-hydrogen) atoms. The number of carbonyl (C=O) groups excluding carboxylic acids is 2. The van der Waals surface area contributed by atoms with Gasteiger partial charge in [-0.05, 0) is 78.1 Å². The summed E-state index contributed by atoms with van der Waals surface area (Å²) in [5.41, 5.74) is 9.66. The second kappa shape index (κ2) is 16.1. The van der Waals surface area contributed by atoms with Gasteiger partial charge in [-0.3, -0.25) is 4.79 Å². The smallest absolute Gasteiger partial charge is 0.407 e. The predicted octanol–water partition coefficient (Wildman–Crippen LogP) is 5.33. The van der Waals surface area contributed by atoms with Gasteiger partial charge in [-0.2, -0.15) is 4.31 Å². The van der Waals surface area contributed by atoms with Gasteiger partial charge in [-0.25, -0.2) is 13.2 Å². The Morgan fingerprint density at radius 3 is 1.98 bits per heavy atom. The van der Waals surface area contributed by atoms with Crippen molar-refractivity contribution in [1.82, 2.24) is 9.62 Å². The molecule has 1 amide bonds. The molecule has 4 aromatic rings. The van der Waals surface area contributed by atoms with Crippen LogP contribution in [0.3, 0.4) is 0 Å². The van der Waals surface area contributed by atoms with E-state index in [-0.39, 0.29) is 29.6 Å². The standard InChI is InChI=1S/C38H43N3O6S/c1-47-38(44)40-37(36(29-11-4-2-5-12-29)30-13-6-3-7-14-30)35(43)24-31-15-9-8-10-28(31)18-21-33(26-42)41(25-27-16-17-27)48(45,46)34-22-19-32(39)20-23-34/h2-15,19-20,22-23,27,33,36-37,42H,16-18,21,24-26,39H2,1H3,(H,40,44)/t33-,37+/m0/s1. The molecule has 0 spiro atoms. The summed E-state index contributed by atoms with van der Waals surface area (Å²) >= 11 is 0. The highest BCUT2D eigenvalue weighted by atomic mass is 32.2. The van der Waals surface area contributed by atoms with Crippen molar-refractivity contribution >= 4 is 27.6 Å². The van der Waals surface area contributed by atoms with E-state index in [1.165, 1.54) is 23.5 Å². The third-order valence-electron chi connectivity index (χ3n) is 8.93. The number of sulfonamides is 1. The highest BCUT2D eigenvalue weighted by Gasteiger charge is 2.37. The summed E-state index contributed by atoms with van der Waals surface area (Å²) in [6.45, 7) is -0.0116. The molecular formula is C38H43N3O6S. The molecule has 4 N–H and O–H groups in total. The van der Waals surface area contributed by atoms with E-state index in [9.17, 15) is 23.1 Å². The summed E-state index contributed by atoms with van der Waals surface area (Å²) in [6.07, 6.45) is 2.00. The topological polar surface area (TPSA) is 139 Å². The minimum atomic E-state index is -3.89. The predicted molar refractivity (Wildman–Crippen MR) is 186 cm³/mol. The Morgan fingerprint density at radius 2 is 1.44 bits per heavy atom. The average molecular weight is 670 g/mol. The Morgan fingerprint density at radius 1 is 0.875 bits per heavy atom. The first-order valence-electron chi connectivity index (χ1n) is 16.2. The maximum Gasteiger partial charge on any atom is 0.407 e. The zero-order valence-corrected chi connectivity index (χ0v) is 27.9. The SMILES string of the molecule is COC(=O)N[C@H](C(=O)Cc1ccccc1CC[C@@H](CO)N(CC1CC1)S(=O)(=O)c1ccc(N)cc1)C(c1ccccc1)c1ccccc1. The number of aliphatic hydroxyl groups is 1. The second-order valence-corrected chi connectivity index (χ2v) is 14.2. The van der Waals surface area contributed by atoms with Crippen molar-refractivity contribution in [2.45, 2.75) is 55.0 Å². The van der Waals surface area contributed by atoms with Gasteiger partial charge in [-0.1, -0.05) is 84.9 Å². The number of benzene rings is 4. The van der Waals surface area contributed by atoms with Crippen LogP contribution in [-0.2, 0) is 32.4 Å². The van der Waals surface area contributed by atoms with Gasteiger partial charge in [0.05, 0.1) is 18.6 Å². The lowest BCUT2D eigenvalue weighted by molar-refractivity contribution is -0.120. The van der Waals surface area contributed by atoms with Gasteiger partial charge in [0.1, 0.15) is 6.04 Å². The van der Waals surface area contributed by atoms with Crippen LogP contribution in [0.4, 0.5) is 10.5 Å². The first kappa shape index (κ1) is 34.8. The number of aliphatic hydroxyl groups excluding tert-OH is 1. The molecule has 0 saturated heterocycles. The maximum atomic E-state index is 14.2. The number of anilines is 1. The monoisotopic (exact) mass is 669 g/mol. The molecule has 252 valence electrons. The number of ketones is 1. The van der Waals surface area contributed by atoms with Crippen LogP contribution in [0.2, 0.25) is 0 Å². The van der Waals surface area contributed by atoms with Crippen molar-refractivity contribution in [3.63, 3.8) is 0 Å². The molecule has 0 heterocycles. The van der Waals surface area contributed by atoms with Crippen molar-refractivity contribution in [1.29, 1.82) is 0 Å². The number of aryl methyl sites for hydroxylation is 1. The molecule has 1 saturated carbocycles. The van der Waals surface area contributed by atoms with Crippen LogP contribution in [-0.4, -0.2) is 62.1 Å². The van der Waals surface area contributed by atoms with E-state index in [1.807, 2.05) is 84.9 Å². The Labute approximate surface area is 282 Å². The van der Waals surface area contributed by atoms with Crippen LogP contribution in [0.15, 0.2) is 114 Å². The third kappa shape index (κ3) is 8.69. The van der Waals surface area contributed by atoms with Crippen LogP contribution < -0.4 is 11.1 Å². The molecule has 1 fully saturated rings. The van der Waals surface area contributed by atoms with Gasteiger partial charge in [0.15, 0.2) is 5.78 Å². The van der Waals surface area contributed by atoms with Gasteiger partial charge in [-0.15, -0.1) is 0 Å². The number of nitrogen functional groups attached to an aromatic ring is 1. The summed E-state index contributed by atoms with van der Waals surface area (Å²) < 4.78 is 34.0. The highest BCUT2D eigenvalue weighted by molar-refractivity contribution is 7.89. The number of nitrogens with two attached hydrogens (primary N) is 1. The molecule has 4 aromatic carbocycles. The van der Waals surface area contributed by atoms with Crippen LogP contribution in [0.25, 0.3) is 0 Å². The summed E-state index contributed by atoms with van der Waals surface area (Å²) in [5.74, 6) is -0.418. The van der Waals surface area contributed by atoms with Gasteiger partial charge in [0.25, 0.3) is 0 Å². The van der Waals surface area contributed by atoms with Crippen molar-refractivity contribution in [3.05, 3.63) is 131 Å². The number of carbonyl (C=O) groups is 2. The molecule has 0 aliphatic heterocycles. The molecule has 1 aliphatic rings. The van der Waals surface area contributed by atoms with Crippen LogP contribution in [0, 0.1) is 5.92 Å². The molecule has 0 aromatic heterocycles. The van der Waals surface area contributed by atoms with Crippen LogP contribution in [0.1, 0.15) is 47.4 Å². The van der Waals surface area contributed by atoms with Gasteiger partial charge in [0, 0.05) is 30.6 Å². The van der Waals surface area contributed by atoms with E-state index in [2.05, 4.69) is 5.32 Å². The summed E-state index contributed by atoms with van der Waals surface area (Å²) in [6, 6.07) is 31.2. The fourth-order valence-electron chi connectivity index (χ4n) is 6.13. The van der Waals surface area contributed by atoms with E-state index in [0.29, 0.717) is 25.1 Å². The average Bonchev–Trinajstić information content (AvgIpc) is 3.94. The molecule has 0 radical (unpaired) electrons. The number of amides is 1. The van der Waals surface area contributed by atoms with Crippen molar-refractivity contribution in [2.75, 3.05) is 26.0 Å². The fourth-order valence-corrected chi connectivity index (χ4v) is 7.85. The number of Topliss-reactive ketones (excluding diaryl/α,β-unsaturated/α-hetero) is 1. The number of nitrogens with zero attached hydrogens (tertiary/aromatic N) is 1. The third-order valence-corrected chi connectivity index (χ3v) is 10.9. The lowest BCUT2D eigenvalue weighted by Gasteiger charge is -2.30. The van der Waals surface area contributed by atoms with Crippen molar-refractivity contribution in [2.24, 2.45) is 5.92 Å². The second-order valence-electron chi connectivity index (χ2n) is 12.3. The molecule has 9 nitrogen and oxygen atoms in total. The summed E-state index contributed by atoms with van der Waals surface area (Å²) in [7, 11) is -2.63. The van der Waals surface area contributed by atoms with Gasteiger partial charge < -0.3 is 20.9 Å². The largest absolute Gasteiger partial charge is 0.453 e. The minimum Gasteiger partial charge on any atom is -0.453 e. The Hall–Kier alpha value is -4.51. The van der Waals surface area contributed by atoms with E-state index in [1.54, 1.807) is 12.1 Å². The number of hydrogen-bond donors (Lipinski definition) is 3. The van der Waals surface area contributed by atoms with E-state index in [4.69, 9.17) is 10.5 Å². The van der Waals surface area contributed by atoms with E-state index in [0.717, 1.165) is 35.1 Å². The number of alkyl carbamates (subject to hydrolysis) is 1.